The fraction of sp³-hybridized carbons (Fsp3) is 0.867. The van der Waals surface area contributed by atoms with Crippen molar-refractivity contribution >= 4 is 12.0 Å². The molecule has 1 unspecified atom stereocenters. The molecular formula is C15H28N2O3. The summed E-state index contributed by atoms with van der Waals surface area (Å²) >= 11 is 0. The van der Waals surface area contributed by atoms with Crippen LogP contribution in [0.1, 0.15) is 52.4 Å². The third-order valence-corrected chi connectivity index (χ3v) is 3.63. The molecule has 0 bridgehead atoms. The molecule has 1 saturated heterocycles. The second kappa shape index (κ2) is 9.61. The Bertz CT molecular complexity index is 307. The van der Waals surface area contributed by atoms with Gasteiger partial charge >= 0.3 is 12.0 Å². The molecule has 5 nitrogen and oxygen atoms in total. The fourth-order valence-electron chi connectivity index (χ4n) is 2.43. The lowest BCUT2D eigenvalue weighted by Gasteiger charge is -2.32. The first-order valence-corrected chi connectivity index (χ1v) is 7.88. The molecule has 116 valence electrons. The topological polar surface area (TPSA) is 58.6 Å². The molecular weight excluding hydrogens is 256 g/mol. The number of urea groups is 1. The number of nitrogens with one attached hydrogen (secondary N) is 1. The number of esters is 1. The SMILES string of the molecule is CCCCCCCCN1CC(C(=O)OCC)CNC1=O. The summed E-state index contributed by atoms with van der Waals surface area (Å²) < 4.78 is 5.02. The van der Waals surface area contributed by atoms with Crippen LogP contribution < -0.4 is 5.32 Å². The van der Waals surface area contributed by atoms with Gasteiger partial charge in [-0.25, -0.2) is 4.79 Å². The maximum Gasteiger partial charge on any atom is 0.317 e. The van der Waals surface area contributed by atoms with Crippen molar-refractivity contribution in [3.05, 3.63) is 0 Å². The van der Waals surface area contributed by atoms with Crippen LogP contribution in [0.4, 0.5) is 4.79 Å². The number of carbonyl (C=O) groups excluding carboxylic acids is 2. The van der Waals surface area contributed by atoms with Gasteiger partial charge in [0.2, 0.25) is 0 Å². The van der Waals surface area contributed by atoms with Crippen molar-refractivity contribution in [2.45, 2.75) is 52.4 Å². The van der Waals surface area contributed by atoms with Crippen LogP contribution in [0.25, 0.3) is 0 Å². The molecule has 1 heterocycles. The number of carbonyl (C=O) groups is 2. The van der Waals surface area contributed by atoms with E-state index in [1.54, 1.807) is 11.8 Å². The van der Waals surface area contributed by atoms with Crippen molar-refractivity contribution in [3.8, 4) is 0 Å². The summed E-state index contributed by atoms with van der Waals surface area (Å²) in [7, 11) is 0. The van der Waals surface area contributed by atoms with Gasteiger partial charge in [0.1, 0.15) is 0 Å². The second-order valence-corrected chi connectivity index (χ2v) is 5.35. The third kappa shape index (κ3) is 5.80. The van der Waals surface area contributed by atoms with Crippen molar-refractivity contribution < 1.29 is 14.3 Å². The molecule has 0 aromatic carbocycles. The van der Waals surface area contributed by atoms with Gasteiger partial charge in [-0.3, -0.25) is 4.79 Å². The zero-order valence-electron chi connectivity index (χ0n) is 12.8. The van der Waals surface area contributed by atoms with E-state index in [2.05, 4.69) is 12.2 Å². The second-order valence-electron chi connectivity index (χ2n) is 5.35. The van der Waals surface area contributed by atoms with Crippen LogP contribution in [0.2, 0.25) is 0 Å². The van der Waals surface area contributed by atoms with Crippen LogP contribution >= 0.6 is 0 Å². The van der Waals surface area contributed by atoms with Gasteiger partial charge in [-0.05, 0) is 13.3 Å². The smallest absolute Gasteiger partial charge is 0.317 e. The normalized spacial score (nSPS) is 18.8. The molecule has 0 spiro atoms. The number of ether oxygens (including phenoxy) is 1. The van der Waals surface area contributed by atoms with E-state index in [1.165, 1.54) is 25.7 Å². The maximum absolute atomic E-state index is 11.7. The summed E-state index contributed by atoms with van der Waals surface area (Å²) in [5.41, 5.74) is 0. The van der Waals surface area contributed by atoms with Crippen molar-refractivity contribution in [1.82, 2.24) is 10.2 Å². The van der Waals surface area contributed by atoms with E-state index < -0.39 is 0 Å². The molecule has 2 amide bonds. The molecule has 1 rings (SSSR count). The van der Waals surface area contributed by atoms with E-state index in [0.29, 0.717) is 19.7 Å². The van der Waals surface area contributed by atoms with Crippen LogP contribution in [0.15, 0.2) is 0 Å². The highest BCUT2D eigenvalue weighted by Crippen LogP contribution is 2.11. The van der Waals surface area contributed by atoms with Crippen molar-refractivity contribution in [3.63, 3.8) is 0 Å². The van der Waals surface area contributed by atoms with Gasteiger partial charge < -0.3 is 15.0 Å². The van der Waals surface area contributed by atoms with Crippen molar-refractivity contribution in [2.75, 3.05) is 26.2 Å². The van der Waals surface area contributed by atoms with Crippen LogP contribution in [-0.2, 0) is 9.53 Å². The van der Waals surface area contributed by atoms with Gasteiger partial charge in [-0.15, -0.1) is 0 Å². The number of hydrogen-bond acceptors (Lipinski definition) is 3. The zero-order chi connectivity index (χ0) is 14.8. The highest BCUT2D eigenvalue weighted by molar-refractivity contribution is 5.80. The molecule has 5 heteroatoms. The standard InChI is InChI=1S/C15H28N2O3/c1-3-5-6-7-8-9-10-17-12-13(11-16-15(17)19)14(18)20-4-2/h13H,3-12H2,1-2H3,(H,16,19). The first-order chi connectivity index (χ1) is 9.69. The Morgan fingerprint density at radius 2 is 1.95 bits per heavy atom. The molecule has 0 aromatic rings. The van der Waals surface area contributed by atoms with E-state index in [-0.39, 0.29) is 17.9 Å². The quantitative estimate of drug-likeness (QED) is 0.523. The average molecular weight is 284 g/mol. The highest BCUT2D eigenvalue weighted by atomic mass is 16.5. The van der Waals surface area contributed by atoms with E-state index in [9.17, 15) is 9.59 Å². The number of unbranched alkanes of at least 4 members (excludes halogenated alkanes) is 5. The van der Waals surface area contributed by atoms with Crippen LogP contribution in [0, 0.1) is 5.92 Å². The fourth-order valence-corrected chi connectivity index (χ4v) is 2.43. The number of nitrogens with zero attached hydrogens (tertiary/aromatic N) is 1. The average Bonchev–Trinajstić information content (AvgIpc) is 2.44. The Labute approximate surface area is 122 Å². The number of amides is 2. The molecule has 1 N–H and O–H groups in total. The minimum atomic E-state index is -0.229. The molecule has 1 aliphatic heterocycles. The minimum Gasteiger partial charge on any atom is -0.466 e. The summed E-state index contributed by atoms with van der Waals surface area (Å²) in [6.07, 6.45) is 7.18. The van der Waals surface area contributed by atoms with Crippen LogP contribution in [0.3, 0.4) is 0 Å². The molecule has 1 aliphatic rings. The van der Waals surface area contributed by atoms with Gasteiger partial charge in [0, 0.05) is 19.6 Å². The molecule has 0 aliphatic carbocycles. The van der Waals surface area contributed by atoms with Gasteiger partial charge in [0.05, 0.1) is 12.5 Å². The lowest BCUT2D eigenvalue weighted by atomic mass is 10.1. The largest absolute Gasteiger partial charge is 0.466 e. The number of hydrogen-bond donors (Lipinski definition) is 1. The Morgan fingerprint density at radius 1 is 1.25 bits per heavy atom. The van der Waals surface area contributed by atoms with Crippen LogP contribution in [-0.4, -0.2) is 43.1 Å². The van der Waals surface area contributed by atoms with E-state index in [1.807, 2.05) is 0 Å². The lowest BCUT2D eigenvalue weighted by molar-refractivity contribution is -0.148. The molecule has 0 saturated carbocycles. The Morgan fingerprint density at radius 3 is 2.65 bits per heavy atom. The van der Waals surface area contributed by atoms with Crippen molar-refractivity contribution in [2.24, 2.45) is 5.92 Å². The monoisotopic (exact) mass is 284 g/mol. The van der Waals surface area contributed by atoms with Crippen molar-refractivity contribution in [1.29, 1.82) is 0 Å². The van der Waals surface area contributed by atoms with E-state index in [4.69, 9.17) is 4.74 Å². The number of rotatable bonds is 9. The molecule has 1 atom stereocenters. The van der Waals surface area contributed by atoms with Gasteiger partial charge in [0.15, 0.2) is 0 Å². The Hall–Kier alpha value is -1.26. The molecule has 0 radical (unpaired) electrons. The first kappa shape index (κ1) is 16.8. The highest BCUT2D eigenvalue weighted by Gasteiger charge is 2.30. The Balaban J connectivity index is 2.25. The lowest BCUT2D eigenvalue weighted by Crippen LogP contribution is -2.53. The summed E-state index contributed by atoms with van der Waals surface area (Å²) in [5.74, 6) is -0.437. The maximum atomic E-state index is 11.7. The molecule has 0 aromatic heterocycles. The van der Waals surface area contributed by atoms with Gasteiger partial charge in [-0.1, -0.05) is 39.0 Å². The van der Waals surface area contributed by atoms with E-state index >= 15 is 0 Å². The summed E-state index contributed by atoms with van der Waals surface area (Å²) in [5, 5.41) is 2.77. The van der Waals surface area contributed by atoms with E-state index in [0.717, 1.165) is 19.4 Å². The summed E-state index contributed by atoms with van der Waals surface area (Å²) in [6.45, 7) is 6.00. The predicted octanol–water partition coefficient (Wildman–Crippen LogP) is 2.55. The zero-order valence-corrected chi connectivity index (χ0v) is 12.8. The summed E-state index contributed by atoms with van der Waals surface area (Å²) in [6, 6.07) is -0.0564. The predicted molar refractivity (Wildman–Crippen MR) is 78.5 cm³/mol. The summed E-state index contributed by atoms with van der Waals surface area (Å²) in [4.78, 5) is 25.2. The molecule has 20 heavy (non-hydrogen) atoms. The first-order valence-electron chi connectivity index (χ1n) is 7.88. The van der Waals surface area contributed by atoms with Gasteiger partial charge in [-0.2, -0.15) is 0 Å². The minimum absolute atomic E-state index is 0.0564. The third-order valence-electron chi connectivity index (χ3n) is 3.63. The van der Waals surface area contributed by atoms with Gasteiger partial charge in [0.25, 0.3) is 0 Å². The molecule has 1 fully saturated rings. The van der Waals surface area contributed by atoms with Crippen LogP contribution in [0.5, 0.6) is 0 Å². The Kier molecular flexibility index (Phi) is 8.07.